The standard InChI is InChI=1S/C8H18F2N2/c1-6(2)7(4-11)12(3)5-8(9)10/h6-8H,4-5,11H2,1-3H3. The lowest BCUT2D eigenvalue weighted by molar-refractivity contribution is 0.0712. The molecule has 0 spiro atoms. The Morgan fingerprint density at radius 2 is 1.83 bits per heavy atom. The van der Waals surface area contributed by atoms with Crippen molar-refractivity contribution in [3.05, 3.63) is 0 Å². The number of alkyl halides is 2. The molecule has 4 heteroatoms. The Kier molecular flexibility index (Phi) is 5.33. The van der Waals surface area contributed by atoms with Crippen molar-refractivity contribution < 1.29 is 8.78 Å². The predicted octanol–water partition coefficient (Wildman–Crippen LogP) is 1.17. The van der Waals surface area contributed by atoms with Crippen LogP contribution in [0.25, 0.3) is 0 Å². The van der Waals surface area contributed by atoms with Gasteiger partial charge in [-0.05, 0) is 13.0 Å². The van der Waals surface area contributed by atoms with Crippen LogP contribution in [0.4, 0.5) is 8.78 Å². The smallest absolute Gasteiger partial charge is 0.251 e. The molecule has 0 bridgehead atoms. The molecular formula is C8H18F2N2. The second kappa shape index (κ2) is 5.43. The van der Waals surface area contributed by atoms with Crippen LogP contribution in [-0.2, 0) is 0 Å². The van der Waals surface area contributed by atoms with E-state index < -0.39 is 6.43 Å². The van der Waals surface area contributed by atoms with Crippen molar-refractivity contribution >= 4 is 0 Å². The highest BCUT2D eigenvalue weighted by Gasteiger charge is 2.19. The Hall–Kier alpha value is -0.220. The minimum Gasteiger partial charge on any atom is -0.329 e. The van der Waals surface area contributed by atoms with E-state index in [9.17, 15) is 8.78 Å². The Morgan fingerprint density at radius 3 is 2.08 bits per heavy atom. The van der Waals surface area contributed by atoms with Gasteiger partial charge in [-0.1, -0.05) is 13.8 Å². The Morgan fingerprint density at radius 1 is 1.33 bits per heavy atom. The third-order valence-corrected chi connectivity index (χ3v) is 2.00. The summed E-state index contributed by atoms with van der Waals surface area (Å²) < 4.78 is 23.9. The van der Waals surface area contributed by atoms with Gasteiger partial charge < -0.3 is 5.73 Å². The molecule has 0 aromatic carbocycles. The highest BCUT2D eigenvalue weighted by molar-refractivity contribution is 4.73. The zero-order valence-corrected chi connectivity index (χ0v) is 7.93. The highest BCUT2D eigenvalue weighted by atomic mass is 19.3. The normalized spacial score (nSPS) is 14.8. The summed E-state index contributed by atoms with van der Waals surface area (Å²) in [6, 6.07) is 0.0546. The van der Waals surface area contributed by atoms with Crippen molar-refractivity contribution in [1.29, 1.82) is 0 Å². The highest BCUT2D eigenvalue weighted by Crippen LogP contribution is 2.09. The van der Waals surface area contributed by atoms with Crippen LogP contribution in [0, 0.1) is 5.92 Å². The second-order valence-electron chi connectivity index (χ2n) is 3.38. The molecular weight excluding hydrogens is 162 g/mol. The number of hydrogen-bond donors (Lipinski definition) is 1. The number of nitrogens with two attached hydrogens (primary N) is 1. The third-order valence-electron chi connectivity index (χ3n) is 2.00. The van der Waals surface area contributed by atoms with Crippen LogP contribution in [0.5, 0.6) is 0 Å². The van der Waals surface area contributed by atoms with Gasteiger partial charge >= 0.3 is 0 Å². The average molecular weight is 180 g/mol. The fraction of sp³-hybridized carbons (Fsp3) is 1.00. The minimum atomic E-state index is -2.28. The summed E-state index contributed by atoms with van der Waals surface area (Å²) in [5, 5.41) is 0. The molecule has 0 aliphatic carbocycles. The monoisotopic (exact) mass is 180 g/mol. The van der Waals surface area contributed by atoms with E-state index in [0.29, 0.717) is 12.5 Å². The van der Waals surface area contributed by atoms with Gasteiger partial charge in [-0.25, -0.2) is 8.78 Å². The molecule has 0 rings (SSSR count). The second-order valence-corrected chi connectivity index (χ2v) is 3.38. The molecule has 74 valence electrons. The largest absolute Gasteiger partial charge is 0.329 e. The van der Waals surface area contributed by atoms with Crippen molar-refractivity contribution in [2.75, 3.05) is 20.1 Å². The van der Waals surface area contributed by atoms with Crippen LogP contribution in [0.15, 0.2) is 0 Å². The molecule has 0 fully saturated rings. The molecule has 0 aromatic heterocycles. The van der Waals surface area contributed by atoms with E-state index in [-0.39, 0.29) is 12.6 Å². The first-order valence-electron chi connectivity index (χ1n) is 4.17. The molecule has 0 saturated carbocycles. The van der Waals surface area contributed by atoms with E-state index in [1.54, 1.807) is 11.9 Å². The summed E-state index contributed by atoms with van der Waals surface area (Å²) in [6.07, 6.45) is -2.28. The quantitative estimate of drug-likeness (QED) is 0.688. The van der Waals surface area contributed by atoms with Crippen LogP contribution in [-0.4, -0.2) is 37.5 Å². The molecule has 1 atom stereocenters. The van der Waals surface area contributed by atoms with Crippen LogP contribution in [0.1, 0.15) is 13.8 Å². The lowest BCUT2D eigenvalue weighted by Gasteiger charge is -2.29. The molecule has 0 aliphatic rings. The van der Waals surface area contributed by atoms with Crippen molar-refractivity contribution in [2.45, 2.75) is 26.3 Å². The first-order valence-corrected chi connectivity index (χ1v) is 4.17. The van der Waals surface area contributed by atoms with Crippen LogP contribution >= 0.6 is 0 Å². The number of nitrogens with zero attached hydrogens (tertiary/aromatic N) is 1. The summed E-state index contributed by atoms with van der Waals surface area (Å²) in [5.41, 5.74) is 5.46. The first-order chi connectivity index (χ1) is 5.49. The van der Waals surface area contributed by atoms with Crippen LogP contribution in [0.2, 0.25) is 0 Å². The summed E-state index contributed by atoms with van der Waals surface area (Å²) >= 11 is 0. The van der Waals surface area contributed by atoms with Gasteiger partial charge in [0.15, 0.2) is 0 Å². The van der Waals surface area contributed by atoms with Crippen molar-refractivity contribution in [1.82, 2.24) is 4.90 Å². The SMILES string of the molecule is CC(C)C(CN)N(C)CC(F)F. The lowest BCUT2D eigenvalue weighted by Crippen LogP contribution is -2.43. The van der Waals surface area contributed by atoms with E-state index in [0.717, 1.165) is 0 Å². The number of halogens is 2. The zero-order valence-electron chi connectivity index (χ0n) is 7.93. The summed E-state index contributed by atoms with van der Waals surface area (Å²) in [4.78, 5) is 1.62. The Labute approximate surface area is 72.7 Å². The van der Waals surface area contributed by atoms with Gasteiger partial charge in [0.1, 0.15) is 0 Å². The molecule has 0 radical (unpaired) electrons. The summed E-state index contributed by atoms with van der Waals surface area (Å²) in [5.74, 6) is 0.318. The number of rotatable bonds is 5. The van der Waals surface area contributed by atoms with Gasteiger partial charge in [-0.15, -0.1) is 0 Å². The van der Waals surface area contributed by atoms with E-state index >= 15 is 0 Å². The minimum absolute atomic E-state index is 0.0546. The molecule has 0 amide bonds. The van der Waals surface area contributed by atoms with Crippen LogP contribution < -0.4 is 5.73 Å². The maximum absolute atomic E-state index is 12.0. The van der Waals surface area contributed by atoms with Gasteiger partial charge in [0.25, 0.3) is 6.43 Å². The predicted molar refractivity (Wildman–Crippen MR) is 46.3 cm³/mol. The lowest BCUT2D eigenvalue weighted by atomic mass is 10.0. The molecule has 0 saturated heterocycles. The van der Waals surface area contributed by atoms with E-state index in [2.05, 4.69) is 0 Å². The summed E-state index contributed by atoms with van der Waals surface area (Å²) in [7, 11) is 1.68. The van der Waals surface area contributed by atoms with Crippen LogP contribution in [0.3, 0.4) is 0 Å². The van der Waals surface area contributed by atoms with Crippen molar-refractivity contribution in [3.8, 4) is 0 Å². The molecule has 2 N–H and O–H groups in total. The molecule has 12 heavy (non-hydrogen) atoms. The van der Waals surface area contributed by atoms with Gasteiger partial charge in [-0.3, -0.25) is 4.90 Å². The molecule has 0 aromatic rings. The van der Waals surface area contributed by atoms with E-state index in [4.69, 9.17) is 5.73 Å². The molecule has 2 nitrogen and oxygen atoms in total. The Bertz CT molecular complexity index is 118. The zero-order chi connectivity index (χ0) is 9.72. The van der Waals surface area contributed by atoms with Gasteiger partial charge in [-0.2, -0.15) is 0 Å². The maximum Gasteiger partial charge on any atom is 0.251 e. The number of hydrogen-bond acceptors (Lipinski definition) is 2. The molecule has 0 heterocycles. The third kappa shape index (κ3) is 3.97. The fourth-order valence-electron chi connectivity index (χ4n) is 1.31. The van der Waals surface area contributed by atoms with Crippen molar-refractivity contribution in [3.63, 3.8) is 0 Å². The average Bonchev–Trinajstić information content (AvgIpc) is 1.85. The molecule has 0 aliphatic heterocycles. The first kappa shape index (κ1) is 11.8. The molecule has 1 unspecified atom stereocenters. The fourth-order valence-corrected chi connectivity index (χ4v) is 1.31. The van der Waals surface area contributed by atoms with E-state index in [1.807, 2.05) is 13.8 Å². The summed E-state index contributed by atoms with van der Waals surface area (Å²) in [6.45, 7) is 4.21. The maximum atomic E-state index is 12.0. The van der Waals surface area contributed by atoms with Gasteiger partial charge in [0, 0.05) is 12.6 Å². The van der Waals surface area contributed by atoms with Gasteiger partial charge in [0.2, 0.25) is 0 Å². The Balaban J connectivity index is 3.94. The number of likely N-dealkylation sites (N-methyl/N-ethyl adjacent to an activating group) is 1. The topological polar surface area (TPSA) is 29.3 Å². The van der Waals surface area contributed by atoms with Crippen molar-refractivity contribution in [2.24, 2.45) is 11.7 Å². The van der Waals surface area contributed by atoms with E-state index in [1.165, 1.54) is 0 Å². The van der Waals surface area contributed by atoms with Gasteiger partial charge in [0.05, 0.1) is 6.54 Å².